The fourth-order valence-electron chi connectivity index (χ4n) is 1.63. The third kappa shape index (κ3) is 2.13. The first-order valence-electron chi connectivity index (χ1n) is 4.55. The molecule has 1 N–H and O–H groups in total. The summed E-state index contributed by atoms with van der Waals surface area (Å²) >= 11 is 7.64. The van der Waals surface area contributed by atoms with E-state index >= 15 is 0 Å². The molecule has 1 heterocycles. The molecule has 1 fully saturated rings. The fourth-order valence-corrected chi connectivity index (χ4v) is 2.41. The number of nitrogens with zero attached hydrogens (tertiary/aromatic N) is 1. The number of halogens is 1. The summed E-state index contributed by atoms with van der Waals surface area (Å²) in [4.78, 5) is 13.3. The van der Waals surface area contributed by atoms with E-state index in [0.29, 0.717) is 18.7 Å². The van der Waals surface area contributed by atoms with E-state index in [9.17, 15) is 9.90 Å². The third-order valence-electron chi connectivity index (χ3n) is 2.33. The second-order valence-electron chi connectivity index (χ2n) is 3.50. The van der Waals surface area contributed by atoms with Crippen LogP contribution in [0.3, 0.4) is 0 Å². The van der Waals surface area contributed by atoms with Crippen molar-refractivity contribution in [3.63, 3.8) is 0 Å². The summed E-state index contributed by atoms with van der Waals surface area (Å²) in [5.74, 6) is 0.199. The van der Waals surface area contributed by atoms with Gasteiger partial charge in [-0.1, -0.05) is 0 Å². The van der Waals surface area contributed by atoms with Gasteiger partial charge in [0.1, 0.15) is 5.75 Å². The lowest BCUT2D eigenvalue weighted by molar-refractivity contribution is -0.117. The van der Waals surface area contributed by atoms with Gasteiger partial charge in [0.05, 0.1) is 5.69 Å². The molecule has 1 aliphatic heterocycles. The number of carbonyl (C=O) groups is 1. The summed E-state index contributed by atoms with van der Waals surface area (Å²) in [5.41, 5.74) is 0.705. The summed E-state index contributed by atoms with van der Waals surface area (Å²) in [7, 11) is 0. The van der Waals surface area contributed by atoms with Gasteiger partial charge in [0.25, 0.3) is 0 Å². The Labute approximate surface area is 102 Å². The van der Waals surface area contributed by atoms with Crippen LogP contribution in [0.25, 0.3) is 0 Å². The molecule has 1 atom stereocenters. The van der Waals surface area contributed by atoms with Gasteiger partial charge in [-0.25, -0.2) is 0 Å². The van der Waals surface area contributed by atoms with Gasteiger partial charge in [-0.05, 0) is 28.1 Å². The van der Waals surface area contributed by atoms with E-state index in [2.05, 4.69) is 28.6 Å². The van der Waals surface area contributed by atoms with Crippen LogP contribution in [-0.4, -0.2) is 22.8 Å². The molecule has 1 aromatic carbocycles. The fraction of sp³-hybridized carbons (Fsp3) is 0.300. The first-order chi connectivity index (χ1) is 7.08. The second kappa shape index (κ2) is 4.06. The van der Waals surface area contributed by atoms with Crippen LogP contribution >= 0.6 is 28.6 Å². The predicted octanol–water partition coefficient (Wildman–Crippen LogP) is 2.19. The zero-order valence-electron chi connectivity index (χ0n) is 7.85. The SMILES string of the molecule is O=C1CC(S)CN1c1cc(O)ccc1Br. The average Bonchev–Trinajstić information content (AvgIpc) is 2.50. The van der Waals surface area contributed by atoms with Gasteiger partial charge in [-0.15, -0.1) is 0 Å². The molecular weight excluding hydrogens is 278 g/mol. The number of amides is 1. The smallest absolute Gasteiger partial charge is 0.228 e. The van der Waals surface area contributed by atoms with E-state index in [1.165, 1.54) is 0 Å². The highest BCUT2D eigenvalue weighted by Gasteiger charge is 2.29. The molecule has 0 radical (unpaired) electrons. The van der Waals surface area contributed by atoms with E-state index in [-0.39, 0.29) is 16.9 Å². The first-order valence-corrected chi connectivity index (χ1v) is 5.86. The summed E-state index contributed by atoms with van der Waals surface area (Å²) < 4.78 is 0.802. The van der Waals surface area contributed by atoms with Crippen molar-refractivity contribution in [3.05, 3.63) is 22.7 Å². The van der Waals surface area contributed by atoms with Crippen LogP contribution in [0.4, 0.5) is 5.69 Å². The van der Waals surface area contributed by atoms with Gasteiger partial charge in [-0.2, -0.15) is 12.6 Å². The lowest BCUT2D eigenvalue weighted by Gasteiger charge is -2.17. The van der Waals surface area contributed by atoms with Crippen LogP contribution in [0.1, 0.15) is 6.42 Å². The Morgan fingerprint density at radius 3 is 2.87 bits per heavy atom. The third-order valence-corrected chi connectivity index (χ3v) is 3.34. The maximum absolute atomic E-state index is 11.6. The molecule has 0 spiro atoms. The minimum Gasteiger partial charge on any atom is -0.508 e. The van der Waals surface area contributed by atoms with Crippen molar-refractivity contribution < 1.29 is 9.90 Å². The van der Waals surface area contributed by atoms with Crippen LogP contribution in [0, 0.1) is 0 Å². The second-order valence-corrected chi connectivity index (χ2v) is 5.08. The van der Waals surface area contributed by atoms with Crippen molar-refractivity contribution in [1.82, 2.24) is 0 Å². The highest BCUT2D eigenvalue weighted by Crippen LogP contribution is 2.33. The summed E-state index contributed by atoms with van der Waals surface area (Å²) in [6.45, 7) is 0.587. The number of anilines is 1. The number of rotatable bonds is 1. The van der Waals surface area contributed by atoms with Gasteiger partial charge in [0.2, 0.25) is 5.91 Å². The number of benzene rings is 1. The van der Waals surface area contributed by atoms with E-state index < -0.39 is 0 Å². The number of phenols is 1. The van der Waals surface area contributed by atoms with Crippen LogP contribution in [-0.2, 0) is 4.79 Å². The number of hydrogen-bond acceptors (Lipinski definition) is 3. The number of hydrogen-bond donors (Lipinski definition) is 2. The van der Waals surface area contributed by atoms with Crippen molar-refractivity contribution in [2.75, 3.05) is 11.4 Å². The van der Waals surface area contributed by atoms with Crippen molar-refractivity contribution in [2.24, 2.45) is 0 Å². The maximum atomic E-state index is 11.6. The Bertz CT molecular complexity index is 410. The topological polar surface area (TPSA) is 40.5 Å². The lowest BCUT2D eigenvalue weighted by Crippen LogP contribution is -2.24. The monoisotopic (exact) mass is 287 g/mol. The van der Waals surface area contributed by atoms with E-state index in [1.807, 2.05) is 0 Å². The average molecular weight is 288 g/mol. The molecule has 1 aromatic rings. The molecule has 1 aliphatic rings. The molecule has 15 heavy (non-hydrogen) atoms. The quantitative estimate of drug-likeness (QED) is 0.778. The minimum atomic E-state index is 0.0429. The molecule has 1 saturated heterocycles. The van der Waals surface area contributed by atoms with E-state index in [0.717, 1.165) is 4.47 Å². The maximum Gasteiger partial charge on any atom is 0.228 e. The normalized spacial score (nSPS) is 21.1. The molecule has 0 aliphatic carbocycles. The molecule has 1 amide bonds. The molecule has 0 saturated carbocycles. The van der Waals surface area contributed by atoms with Gasteiger partial charge in [-0.3, -0.25) is 4.79 Å². The summed E-state index contributed by atoms with van der Waals surface area (Å²) in [5, 5.41) is 9.45. The molecule has 0 bridgehead atoms. The molecule has 2 rings (SSSR count). The Hall–Kier alpha value is -0.680. The Morgan fingerprint density at radius 2 is 2.27 bits per heavy atom. The Morgan fingerprint density at radius 1 is 1.53 bits per heavy atom. The van der Waals surface area contributed by atoms with E-state index in [4.69, 9.17) is 0 Å². The number of carbonyl (C=O) groups excluding carboxylic acids is 1. The van der Waals surface area contributed by atoms with Gasteiger partial charge < -0.3 is 10.0 Å². The molecule has 5 heteroatoms. The van der Waals surface area contributed by atoms with Crippen molar-refractivity contribution in [3.8, 4) is 5.75 Å². The number of phenolic OH excluding ortho intramolecular Hbond substituents is 1. The molecule has 1 unspecified atom stereocenters. The summed E-state index contributed by atoms with van der Waals surface area (Å²) in [6.07, 6.45) is 0.450. The number of aromatic hydroxyl groups is 1. The molecule has 0 aromatic heterocycles. The zero-order valence-corrected chi connectivity index (χ0v) is 10.3. The largest absolute Gasteiger partial charge is 0.508 e. The lowest BCUT2D eigenvalue weighted by atomic mass is 10.3. The summed E-state index contributed by atoms with van der Waals surface area (Å²) in [6, 6.07) is 4.88. The Balaban J connectivity index is 2.37. The van der Waals surface area contributed by atoms with Gasteiger partial charge in [0.15, 0.2) is 0 Å². The highest BCUT2D eigenvalue weighted by molar-refractivity contribution is 9.10. The van der Waals surface area contributed by atoms with Crippen LogP contribution < -0.4 is 4.90 Å². The zero-order chi connectivity index (χ0) is 11.0. The van der Waals surface area contributed by atoms with Gasteiger partial charge >= 0.3 is 0 Å². The van der Waals surface area contributed by atoms with Crippen LogP contribution in [0.5, 0.6) is 5.75 Å². The standard InChI is InChI=1S/C10H10BrNO2S/c11-8-2-1-6(13)3-9(8)12-5-7(15)4-10(12)14/h1-3,7,13,15H,4-5H2. The molecular formula is C10H10BrNO2S. The minimum absolute atomic E-state index is 0.0429. The predicted molar refractivity (Wildman–Crippen MR) is 65.6 cm³/mol. The highest BCUT2D eigenvalue weighted by atomic mass is 79.9. The van der Waals surface area contributed by atoms with Crippen LogP contribution in [0.2, 0.25) is 0 Å². The number of thiol groups is 1. The van der Waals surface area contributed by atoms with E-state index in [1.54, 1.807) is 23.1 Å². The van der Waals surface area contributed by atoms with Crippen molar-refractivity contribution in [1.29, 1.82) is 0 Å². The first kappa shape index (κ1) is 10.8. The van der Waals surface area contributed by atoms with Gasteiger partial charge in [0, 0.05) is 28.8 Å². The molecule has 3 nitrogen and oxygen atoms in total. The van der Waals surface area contributed by atoms with Crippen LogP contribution in [0.15, 0.2) is 22.7 Å². The Kier molecular flexibility index (Phi) is 2.93. The van der Waals surface area contributed by atoms with Crippen molar-refractivity contribution in [2.45, 2.75) is 11.7 Å². The molecule has 80 valence electrons. The van der Waals surface area contributed by atoms with Crippen molar-refractivity contribution >= 4 is 40.2 Å².